The normalized spacial score (nSPS) is 10.8. The van der Waals surface area contributed by atoms with E-state index in [2.05, 4.69) is 15.9 Å². The van der Waals surface area contributed by atoms with E-state index < -0.39 is 5.95 Å². The molecule has 0 spiro atoms. The van der Waals surface area contributed by atoms with Crippen molar-refractivity contribution < 1.29 is 31.6 Å². The van der Waals surface area contributed by atoms with Crippen molar-refractivity contribution in [3.8, 4) is 0 Å². The molecule has 0 aliphatic heterocycles. The Morgan fingerprint density at radius 3 is 2.30 bits per heavy atom. The average molecular weight is 418 g/mol. The molecular formula is C14H18Br2MgO3. The second-order valence-corrected chi connectivity index (χ2v) is 4.74. The number of halogens is 2. The summed E-state index contributed by atoms with van der Waals surface area (Å²) in [4.78, 5) is 0. The van der Waals surface area contributed by atoms with Crippen LogP contribution in [0.1, 0.15) is 32.3 Å². The van der Waals surface area contributed by atoms with Crippen LogP contribution in [0.4, 0.5) is 0 Å². The molecule has 0 radical (unpaired) electrons. The number of benzene rings is 1. The minimum Gasteiger partial charge on any atom is -1.00 e. The Morgan fingerprint density at radius 2 is 1.75 bits per heavy atom. The summed E-state index contributed by atoms with van der Waals surface area (Å²) in [5, 5.41) is 11.9. The molecule has 0 saturated carbocycles. The van der Waals surface area contributed by atoms with Crippen LogP contribution < -0.4 is 22.1 Å². The Kier molecular flexibility index (Phi) is 14.3. The molecule has 0 heterocycles. The van der Waals surface area contributed by atoms with Gasteiger partial charge in [0, 0.05) is 10.0 Å². The van der Waals surface area contributed by atoms with Crippen LogP contribution in [0, 0.1) is 0 Å². The molecule has 20 heavy (non-hydrogen) atoms. The largest absolute Gasteiger partial charge is 2.00 e. The zero-order valence-electron chi connectivity index (χ0n) is 11.8. The molecule has 0 atom stereocenters. The van der Waals surface area contributed by atoms with E-state index in [0.29, 0.717) is 13.2 Å². The van der Waals surface area contributed by atoms with E-state index in [4.69, 9.17) is 9.47 Å². The van der Waals surface area contributed by atoms with Gasteiger partial charge < -0.3 is 31.6 Å². The standard InChI is InChI=1S/C14H19BrO3.BrH.Mg/c1-3-8-17-13(14(16)18-9-4-2)11-6-5-7-12(15)10-11;;/h5-7,10,16H,3-4,8-9H2,1-2H3;1H;/q;;+2/p-2. The van der Waals surface area contributed by atoms with Gasteiger partial charge in [-0.2, -0.15) is 0 Å². The average Bonchev–Trinajstić information content (AvgIpc) is 2.37. The smallest absolute Gasteiger partial charge is 1.00 e. The molecule has 0 N–H and O–H groups in total. The summed E-state index contributed by atoms with van der Waals surface area (Å²) in [5.74, 6) is -0.116. The second-order valence-electron chi connectivity index (χ2n) is 3.82. The van der Waals surface area contributed by atoms with E-state index in [1.165, 1.54) is 0 Å². The summed E-state index contributed by atoms with van der Waals surface area (Å²) in [7, 11) is 0. The van der Waals surface area contributed by atoms with E-state index in [1.54, 1.807) is 0 Å². The zero-order chi connectivity index (χ0) is 13.4. The van der Waals surface area contributed by atoms with Gasteiger partial charge in [-0.1, -0.05) is 41.9 Å². The molecule has 1 aromatic rings. The topological polar surface area (TPSA) is 41.5 Å². The van der Waals surface area contributed by atoms with E-state index in [1.807, 2.05) is 38.1 Å². The van der Waals surface area contributed by atoms with Gasteiger partial charge in [0.25, 0.3) is 0 Å². The number of rotatable bonds is 7. The van der Waals surface area contributed by atoms with Gasteiger partial charge in [0.2, 0.25) is 0 Å². The molecule has 0 fully saturated rings. The van der Waals surface area contributed by atoms with Crippen molar-refractivity contribution in [3.05, 3.63) is 40.2 Å². The van der Waals surface area contributed by atoms with Crippen LogP contribution in [0.5, 0.6) is 0 Å². The molecule has 1 aromatic carbocycles. The molecule has 1 rings (SSSR count). The summed E-state index contributed by atoms with van der Waals surface area (Å²) >= 11 is 3.38. The van der Waals surface area contributed by atoms with Crippen molar-refractivity contribution in [2.45, 2.75) is 26.7 Å². The van der Waals surface area contributed by atoms with Crippen molar-refractivity contribution in [1.29, 1.82) is 0 Å². The first-order valence-electron chi connectivity index (χ1n) is 6.11. The predicted octanol–water partition coefficient (Wildman–Crippen LogP) is -0.0881. The molecule has 0 saturated heterocycles. The third-order valence-electron chi connectivity index (χ3n) is 2.16. The van der Waals surface area contributed by atoms with Crippen LogP contribution in [0.25, 0.3) is 5.76 Å². The third kappa shape index (κ3) is 7.76. The maximum Gasteiger partial charge on any atom is 2.00 e. The van der Waals surface area contributed by atoms with Crippen molar-refractivity contribution in [2.24, 2.45) is 0 Å². The summed E-state index contributed by atoms with van der Waals surface area (Å²) in [5.41, 5.74) is 0.735. The first kappa shape index (κ1) is 22.4. The van der Waals surface area contributed by atoms with Gasteiger partial charge in [0.1, 0.15) is 5.76 Å². The van der Waals surface area contributed by atoms with Gasteiger partial charge in [0.15, 0.2) is 0 Å². The fourth-order valence-corrected chi connectivity index (χ4v) is 1.75. The van der Waals surface area contributed by atoms with Crippen LogP contribution in [0.15, 0.2) is 34.7 Å². The van der Waals surface area contributed by atoms with Crippen molar-refractivity contribution in [1.82, 2.24) is 0 Å². The number of hydrogen-bond donors (Lipinski definition) is 0. The molecule has 0 aromatic heterocycles. The Bertz CT molecular complexity index is 411. The molecule has 108 valence electrons. The monoisotopic (exact) mass is 416 g/mol. The Balaban J connectivity index is 0. The minimum atomic E-state index is -0.400. The Morgan fingerprint density at radius 1 is 1.15 bits per heavy atom. The minimum absolute atomic E-state index is 0. The van der Waals surface area contributed by atoms with Crippen LogP contribution in [0.2, 0.25) is 0 Å². The van der Waals surface area contributed by atoms with Gasteiger partial charge in [0.05, 0.1) is 12.6 Å². The first-order chi connectivity index (χ1) is 8.69. The van der Waals surface area contributed by atoms with Crippen molar-refractivity contribution in [2.75, 3.05) is 13.2 Å². The van der Waals surface area contributed by atoms with E-state index in [9.17, 15) is 5.11 Å². The van der Waals surface area contributed by atoms with Crippen molar-refractivity contribution in [3.63, 3.8) is 0 Å². The molecular weight excluding hydrogens is 400 g/mol. The summed E-state index contributed by atoms with van der Waals surface area (Å²) in [6.07, 6.45) is 1.64. The van der Waals surface area contributed by atoms with Crippen molar-refractivity contribution >= 4 is 44.7 Å². The van der Waals surface area contributed by atoms with Gasteiger partial charge >= 0.3 is 23.1 Å². The molecule has 6 heteroatoms. The van der Waals surface area contributed by atoms with Gasteiger partial charge in [-0.25, -0.2) is 0 Å². The zero-order valence-corrected chi connectivity index (χ0v) is 16.4. The summed E-state index contributed by atoms with van der Waals surface area (Å²) < 4.78 is 11.5. The van der Waals surface area contributed by atoms with Gasteiger partial charge in [-0.3, -0.25) is 0 Å². The molecule has 0 amide bonds. The maximum absolute atomic E-state index is 11.9. The molecule has 3 nitrogen and oxygen atoms in total. The summed E-state index contributed by atoms with van der Waals surface area (Å²) in [6.45, 7) is 4.86. The van der Waals surface area contributed by atoms with Crippen LogP contribution in [-0.4, -0.2) is 36.3 Å². The van der Waals surface area contributed by atoms with Gasteiger partial charge in [-0.15, -0.1) is 0 Å². The molecule has 0 aliphatic carbocycles. The van der Waals surface area contributed by atoms with E-state index >= 15 is 0 Å². The van der Waals surface area contributed by atoms with Crippen LogP contribution >= 0.6 is 15.9 Å². The quantitative estimate of drug-likeness (QED) is 0.459. The first-order valence-corrected chi connectivity index (χ1v) is 6.91. The van der Waals surface area contributed by atoms with Crippen LogP contribution in [-0.2, 0) is 9.47 Å². The van der Waals surface area contributed by atoms with E-state index in [-0.39, 0.29) is 45.8 Å². The Hall–Kier alpha value is 0.0862. The predicted molar refractivity (Wildman–Crippen MR) is 79.3 cm³/mol. The summed E-state index contributed by atoms with van der Waals surface area (Å²) in [6, 6.07) is 7.45. The van der Waals surface area contributed by atoms with Crippen LogP contribution in [0.3, 0.4) is 0 Å². The maximum atomic E-state index is 11.9. The fourth-order valence-electron chi connectivity index (χ4n) is 1.35. The number of ether oxygens (including phenoxy) is 2. The Labute approximate surface area is 155 Å². The number of hydrogen-bond acceptors (Lipinski definition) is 3. The van der Waals surface area contributed by atoms with Gasteiger partial charge in [-0.05, 0) is 31.6 Å². The SMILES string of the molecule is CCCOC([O-])=C(OCCC)c1cccc(Br)c1.[Br-].[Mg+2]. The molecule has 0 bridgehead atoms. The molecule has 0 aliphatic rings. The third-order valence-corrected chi connectivity index (χ3v) is 2.65. The van der Waals surface area contributed by atoms with E-state index in [0.717, 1.165) is 22.9 Å². The fraction of sp³-hybridized carbons (Fsp3) is 0.429. The molecule has 0 unspecified atom stereocenters. The second kappa shape index (κ2) is 12.8.